The summed E-state index contributed by atoms with van der Waals surface area (Å²) >= 11 is 0. The Labute approximate surface area is 169 Å². The average Bonchev–Trinajstić information content (AvgIpc) is 2.75. The molecule has 0 bridgehead atoms. The SMILES string of the molecule is COc1ccc(-c2c(NC(=O)C3CCCCC3)oc3c(C)cccc3c2=O)cc1. The number of hydrogen-bond acceptors (Lipinski definition) is 4. The van der Waals surface area contributed by atoms with Crippen LogP contribution in [0.1, 0.15) is 37.7 Å². The van der Waals surface area contributed by atoms with Gasteiger partial charge in [-0.2, -0.15) is 0 Å². The highest BCUT2D eigenvalue weighted by atomic mass is 16.5. The lowest BCUT2D eigenvalue weighted by atomic mass is 9.88. The second-order valence-corrected chi connectivity index (χ2v) is 7.64. The zero-order valence-corrected chi connectivity index (χ0v) is 16.8. The largest absolute Gasteiger partial charge is 0.497 e. The maximum atomic E-state index is 13.4. The molecule has 1 heterocycles. The molecular weight excluding hydrogens is 366 g/mol. The highest BCUT2D eigenvalue weighted by Gasteiger charge is 2.25. The molecule has 1 aromatic heterocycles. The molecule has 0 atom stereocenters. The number of nitrogens with one attached hydrogen (secondary N) is 1. The van der Waals surface area contributed by atoms with Crippen LogP contribution >= 0.6 is 0 Å². The lowest BCUT2D eigenvalue weighted by Gasteiger charge is -2.21. The number of para-hydroxylation sites is 1. The zero-order valence-electron chi connectivity index (χ0n) is 16.8. The maximum absolute atomic E-state index is 13.4. The molecule has 0 saturated heterocycles. The summed E-state index contributed by atoms with van der Waals surface area (Å²) in [6.07, 6.45) is 5.04. The molecule has 0 unspecified atom stereocenters. The predicted octanol–water partition coefficient (Wildman–Crippen LogP) is 5.30. The topological polar surface area (TPSA) is 68.5 Å². The van der Waals surface area contributed by atoms with Crippen LogP contribution in [0.25, 0.3) is 22.1 Å². The molecule has 1 aliphatic carbocycles. The van der Waals surface area contributed by atoms with Gasteiger partial charge in [-0.05, 0) is 49.1 Å². The fraction of sp³-hybridized carbons (Fsp3) is 0.333. The van der Waals surface area contributed by atoms with Crippen molar-refractivity contribution in [1.29, 1.82) is 0 Å². The third kappa shape index (κ3) is 3.77. The van der Waals surface area contributed by atoms with Crippen LogP contribution in [0.15, 0.2) is 51.7 Å². The normalized spacial score (nSPS) is 14.7. The number of hydrogen-bond donors (Lipinski definition) is 1. The lowest BCUT2D eigenvalue weighted by molar-refractivity contribution is -0.120. The number of carbonyl (C=O) groups is 1. The van der Waals surface area contributed by atoms with Gasteiger partial charge in [-0.25, -0.2) is 0 Å². The smallest absolute Gasteiger partial charge is 0.229 e. The molecule has 5 heteroatoms. The van der Waals surface area contributed by atoms with E-state index in [9.17, 15) is 9.59 Å². The third-order valence-electron chi connectivity index (χ3n) is 5.71. The van der Waals surface area contributed by atoms with Crippen LogP contribution in [0.4, 0.5) is 5.88 Å². The van der Waals surface area contributed by atoms with E-state index in [0.717, 1.165) is 31.2 Å². The molecule has 2 aromatic carbocycles. The summed E-state index contributed by atoms with van der Waals surface area (Å²) in [5.74, 6) is 0.806. The molecule has 4 rings (SSSR count). The van der Waals surface area contributed by atoms with Crippen LogP contribution < -0.4 is 15.5 Å². The Morgan fingerprint density at radius 1 is 1.07 bits per heavy atom. The van der Waals surface area contributed by atoms with E-state index in [1.165, 1.54) is 6.42 Å². The zero-order chi connectivity index (χ0) is 20.4. The number of fused-ring (bicyclic) bond motifs is 1. The lowest BCUT2D eigenvalue weighted by Crippen LogP contribution is -2.26. The van der Waals surface area contributed by atoms with Gasteiger partial charge in [0.05, 0.1) is 18.1 Å². The molecular formula is C24H25NO4. The van der Waals surface area contributed by atoms with Gasteiger partial charge >= 0.3 is 0 Å². The number of benzene rings is 2. The van der Waals surface area contributed by atoms with E-state index in [2.05, 4.69) is 5.32 Å². The summed E-state index contributed by atoms with van der Waals surface area (Å²) < 4.78 is 11.3. The molecule has 0 spiro atoms. The first kappa shape index (κ1) is 19.2. The van der Waals surface area contributed by atoms with Crippen molar-refractivity contribution in [2.24, 2.45) is 5.92 Å². The summed E-state index contributed by atoms with van der Waals surface area (Å²) in [5.41, 5.74) is 2.26. The molecule has 0 radical (unpaired) electrons. The van der Waals surface area contributed by atoms with Crippen molar-refractivity contribution in [1.82, 2.24) is 0 Å². The number of ether oxygens (including phenoxy) is 1. The van der Waals surface area contributed by atoms with E-state index >= 15 is 0 Å². The number of anilines is 1. The first-order valence-electron chi connectivity index (χ1n) is 10.1. The summed E-state index contributed by atoms with van der Waals surface area (Å²) in [7, 11) is 1.60. The average molecular weight is 391 g/mol. The standard InChI is InChI=1S/C24H25NO4/c1-15-7-6-10-19-21(26)20(16-11-13-18(28-2)14-12-16)24(29-22(15)19)25-23(27)17-8-4-3-5-9-17/h6-7,10-14,17H,3-5,8-9H2,1-2H3,(H,25,27). The first-order valence-corrected chi connectivity index (χ1v) is 10.1. The molecule has 1 fully saturated rings. The van der Waals surface area contributed by atoms with Crippen molar-refractivity contribution in [2.45, 2.75) is 39.0 Å². The van der Waals surface area contributed by atoms with Gasteiger partial charge in [0.25, 0.3) is 0 Å². The molecule has 1 N–H and O–H groups in total. The van der Waals surface area contributed by atoms with Gasteiger partial charge in [-0.1, -0.05) is 43.5 Å². The molecule has 1 saturated carbocycles. The van der Waals surface area contributed by atoms with Gasteiger partial charge in [0.15, 0.2) is 0 Å². The van der Waals surface area contributed by atoms with Crippen LogP contribution in [-0.2, 0) is 4.79 Å². The van der Waals surface area contributed by atoms with Crippen LogP contribution in [0.2, 0.25) is 0 Å². The molecule has 1 amide bonds. The van der Waals surface area contributed by atoms with Crippen LogP contribution in [0.3, 0.4) is 0 Å². The fourth-order valence-electron chi connectivity index (χ4n) is 4.04. The van der Waals surface area contributed by atoms with Gasteiger partial charge in [0.1, 0.15) is 11.3 Å². The molecule has 3 aromatic rings. The predicted molar refractivity (Wildman–Crippen MR) is 114 cm³/mol. The van der Waals surface area contributed by atoms with Gasteiger partial charge in [0, 0.05) is 5.92 Å². The Kier molecular flexibility index (Phi) is 5.38. The maximum Gasteiger partial charge on any atom is 0.229 e. The van der Waals surface area contributed by atoms with E-state index in [4.69, 9.17) is 9.15 Å². The van der Waals surface area contributed by atoms with E-state index in [-0.39, 0.29) is 23.1 Å². The van der Waals surface area contributed by atoms with Crippen LogP contribution in [-0.4, -0.2) is 13.0 Å². The van der Waals surface area contributed by atoms with Gasteiger partial charge in [-0.15, -0.1) is 0 Å². The summed E-state index contributed by atoms with van der Waals surface area (Å²) in [4.78, 5) is 26.3. The van der Waals surface area contributed by atoms with Crippen molar-refractivity contribution >= 4 is 22.8 Å². The van der Waals surface area contributed by atoms with Crippen molar-refractivity contribution in [3.63, 3.8) is 0 Å². The first-order chi connectivity index (χ1) is 14.1. The number of amides is 1. The van der Waals surface area contributed by atoms with Crippen LogP contribution in [0, 0.1) is 12.8 Å². The number of methoxy groups -OCH3 is 1. The van der Waals surface area contributed by atoms with Gasteiger partial charge in [0.2, 0.25) is 17.2 Å². The summed E-state index contributed by atoms with van der Waals surface area (Å²) in [5, 5.41) is 3.44. The second kappa shape index (κ2) is 8.11. The van der Waals surface area contributed by atoms with Crippen molar-refractivity contribution in [2.75, 3.05) is 12.4 Å². The fourth-order valence-corrected chi connectivity index (χ4v) is 4.04. The minimum absolute atomic E-state index is 0.0367. The summed E-state index contributed by atoms with van der Waals surface area (Å²) in [6, 6.07) is 12.7. The number of aryl methyl sites for hydroxylation is 1. The third-order valence-corrected chi connectivity index (χ3v) is 5.71. The van der Waals surface area contributed by atoms with E-state index in [1.807, 2.05) is 31.2 Å². The molecule has 29 heavy (non-hydrogen) atoms. The second-order valence-electron chi connectivity index (χ2n) is 7.64. The summed E-state index contributed by atoms with van der Waals surface area (Å²) in [6.45, 7) is 1.89. The highest BCUT2D eigenvalue weighted by Crippen LogP contribution is 2.32. The highest BCUT2D eigenvalue weighted by molar-refractivity contribution is 5.97. The van der Waals surface area contributed by atoms with Crippen molar-refractivity contribution in [3.05, 3.63) is 58.3 Å². The molecule has 5 nitrogen and oxygen atoms in total. The Morgan fingerprint density at radius 2 is 1.79 bits per heavy atom. The molecule has 1 aliphatic rings. The monoisotopic (exact) mass is 391 g/mol. The Hall–Kier alpha value is -3.08. The Bertz CT molecular complexity index is 1090. The van der Waals surface area contributed by atoms with Gasteiger partial charge < -0.3 is 9.15 Å². The molecule has 0 aliphatic heterocycles. The Morgan fingerprint density at radius 3 is 2.48 bits per heavy atom. The van der Waals surface area contributed by atoms with Gasteiger partial charge in [-0.3, -0.25) is 14.9 Å². The molecule has 150 valence electrons. The minimum atomic E-state index is -0.154. The quantitative estimate of drug-likeness (QED) is 0.656. The van der Waals surface area contributed by atoms with Crippen molar-refractivity contribution < 1.29 is 13.9 Å². The number of carbonyl (C=O) groups excluding carboxylic acids is 1. The Balaban J connectivity index is 1.84. The van der Waals surface area contributed by atoms with Crippen LogP contribution in [0.5, 0.6) is 5.75 Å². The van der Waals surface area contributed by atoms with E-state index in [0.29, 0.717) is 27.8 Å². The van der Waals surface area contributed by atoms with E-state index in [1.54, 1.807) is 25.3 Å². The van der Waals surface area contributed by atoms with E-state index < -0.39 is 0 Å². The number of rotatable bonds is 4. The van der Waals surface area contributed by atoms with Crippen molar-refractivity contribution in [3.8, 4) is 16.9 Å². The minimum Gasteiger partial charge on any atom is -0.497 e.